The third-order valence-electron chi connectivity index (χ3n) is 4.19. The summed E-state index contributed by atoms with van der Waals surface area (Å²) in [6, 6.07) is 6.23. The molecule has 1 aromatic carbocycles. The van der Waals surface area contributed by atoms with Gasteiger partial charge in [-0.05, 0) is 37.0 Å². The van der Waals surface area contributed by atoms with Gasteiger partial charge in [-0.3, -0.25) is 0 Å². The van der Waals surface area contributed by atoms with Crippen LogP contribution < -0.4 is 14.8 Å². The van der Waals surface area contributed by atoms with Crippen molar-refractivity contribution in [2.75, 3.05) is 20.8 Å². The zero-order valence-corrected chi connectivity index (χ0v) is 12.4. The highest BCUT2D eigenvalue weighted by atomic mass is 16.5. The van der Waals surface area contributed by atoms with Crippen molar-refractivity contribution in [1.29, 1.82) is 0 Å². The fraction of sp³-hybridized carbons (Fsp3) is 0.625. The van der Waals surface area contributed by atoms with Gasteiger partial charge in [0.25, 0.3) is 0 Å². The van der Waals surface area contributed by atoms with Gasteiger partial charge in [-0.15, -0.1) is 0 Å². The molecule has 0 amide bonds. The van der Waals surface area contributed by atoms with Gasteiger partial charge in [0.05, 0.1) is 14.2 Å². The smallest absolute Gasteiger partial charge is 0.123 e. The summed E-state index contributed by atoms with van der Waals surface area (Å²) in [7, 11) is 3.35. The van der Waals surface area contributed by atoms with Crippen LogP contribution in [0.2, 0.25) is 0 Å². The molecule has 1 fully saturated rings. The lowest BCUT2D eigenvalue weighted by atomic mass is 9.85. The maximum Gasteiger partial charge on any atom is 0.123 e. The molecule has 2 atom stereocenters. The van der Waals surface area contributed by atoms with E-state index in [1.165, 1.54) is 12.8 Å². The summed E-state index contributed by atoms with van der Waals surface area (Å²) < 4.78 is 10.7. The van der Waals surface area contributed by atoms with E-state index >= 15 is 0 Å². The number of aliphatic hydroxyl groups is 1. The molecule has 4 nitrogen and oxygen atoms in total. The summed E-state index contributed by atoms with van der Waals surface area (Å²) in [4.78, 5) is 0. The highest BCUT2D eigenvalue weighted by Crippen LogP contribution is 2.27. The Labute approximate surface area is 121 Å². The molecule has 1 saturated carbocycles. The molecule has 0 bridgehead atoms. The largest absolute Gasteiger partial charge is 0.497 e. The SMILES string of the molecule is COc1ccc(OC)c(CNC2CCCCC2CO)c1. The molecule has 0 radical (unpaired) electrons. The first-order chi connectivity index (χ1) is 9.78. The fourth-order valence-electron chi connectivity index (χ4n) is 2.96. The van der Waals surface area contributed by atoms with Crippen LogP contribution in [0.4, 0.5) is 0 Å². The number of hydrogen-bond donors (Lipinski definition) is 2. The Kier molecular flexibility index (Phi) is 5.68. The van der Waals surface area contributed by atoms with Crippen molar-refractivity contribution < 1.29 is 14.6 Å². The van der Waals surface area contributed by atoms with Crippen LogP contribution in [0.1, 0.15) is 31.2 Å². The summed E-state index contributed by atoms with van der Waals surface area (Å²) in [5.41, 5.74) is 1.09. The van der Waals surface area contributed by atoms with Crippen molar-refractivity contribution in [3.05, 3.63) is 23.8 Å². The predicted molar refractivity (Wildman–Crippen MR) is 79.2 cm³/mol. The van der Waals surface area contributed by atoms with E-state index in [-0.39, 0.29) is 6.61 Å². The molecule has 0 aromatic heterocycles. The van der Waals surface area contributed by atoms with Crippen LogP contribution in [0.25, 0.3) is 0 Å². The molecular formula is C16H25NO3. The van der Waals surface area contributed by atoms with Crippen LogP contribution in [0.15, 0.2) is 18.2 Å². The Morgan fingerprint density at radius 3 is 2.70 bits per heavy atom. The molecular weight excluding hydrogens is 254 g/mol. The topological polar surface area (TPSA) is 50.7 Å². The maximum atomic E-state index is 9.46. The lowest BCUT2D eigenvalue weighted by molar-refractivity contribution is 0.152. The zero-order chi connectivity index (χ0) is 14.4. The van der Waals surface area contributed by atoms with E-state index in [0.717, 1.165) is 36.4 Å². The number of benzene rings is 1. The molecule has 1 aliphatic rings. The second-order valence-corrected chi connectivity index (χ2v) is 5.39. The average Bonchev–Trinajstić information content (AvgIpc) is 2.52. The zero-order valence-electron chi connectivity index (χ0n) is 12.4. The second kappa shape index (κ2) is 7.50. The minimum absolute atomic E-state index is 0.271. The molecule has 2 N–H and O–H groups in total. The highest BCUT2D eigenvalue weighted by molar-refractivity contribution is 5.40. The van der Waals surface area contributed by atoms with Crippen molar-refractivity contribution in [2.24, 2.45) is 5.92 Å². The van der Waals surface area contributed by atoms with E-state index in [0.29, 0.717) is 12.0 Å². The van der Waals surface area contributed by atoms with Gasteiger partial charge in [0.1, 0.15) is 11.5 Å². The van der Waals surface area contributed by atoms with Gasteiger partial charge in [-0.2, -0.15) is 0 Å². The quantitative estimate of drug-likeness (QED) is 0.839. The lowest BCUT2D eigenvalue weighted by Crippen LogP contribution is -2.39. The number of ether oxygens (including phenoxy) is 2. The molecule has 1 aliphatic carbocycles. The van der Waals surface area contributed by atoms with E-state index in [1.54, 1.807) is 14.2 Å². The van der Waals surface area contributed by atoms with E-state index in [1.807, 2.05) is 18.2 Å². The molecule has 2 rings (SSSR count). The van der Waals surface area contributed by atoms with Crippen molar-refractivity contribution >= 4 is 0 Å². The monoisotopic (exact) mass is 279 g/mol. The summed E-state index contributed by atoms with van der Waals surface area (Å²) in [5, 5.41) is 13.0. The highest BCUT2D eigenvalue weighted by Gasteiger charge is 2.24. The van der Waals surface area contributed by atoms with Gasteiger partial charge in [-0.1, -0.05) is 12.8 Å². The number of hydrogen-bond acceptors (Lipinski definition) is 4. The van der Waals surface area contributed by atoms with Gasteiger partial charge in [-0.25, -0.2) is 0 Å². The first kappa shape index (κ1) is 15.1. The van der Waals surface area contributed by atoms with Crippen molar-refractivity contribution in [3.63, 3.8) is 0 Å². The minimum Gasteiger partial charge on any atom is -0.497 e. The molecule has 1 aromatic rings. The molecule has 0 saturated heterocycles. The standard InChI is InChI=1S/C16H25NO3/c1-19-14-7-8-16(20-2)13(9-14)10-17-15-6-4-3-5-12(15)11-18/h7-9,12,15,17-18H,3-6,10-11H2,1-2H3. The Hall–Kier alpha value is -1.26. The minimum atomic E-state index is 0.271. The maximum absolute atomic E-state index is 9.46. The third-order valence-corrected chi connectivity index (χ3v) is 4.19. The number of rotatable bonds is 6. The van der Waals surface area contributed by atoms with Gasteiger partial charge < -0.3 is 19.9 Å². The Bertz CT molecular complexity index is 422. The van der Waals surface area contributed by atoms with Gasteiger partial charge >= 0.3 is 0 Å². The molecule has 0 spiro atoms. The molecule has 20 heavy (non-hydrogen) atoms. The molecule has 112 valence electrons. The summed E-state index contributed by atoms with van der Waals surface area (Å²) in [5.74, 6) is 2.08. The van der Waals surface area contributed by atoms with E-state index in [9.17, 15) is 5.11 Å². The number of nitrogens with one attached hydrogen (secondary N) is 1. The summed E-state index contributed by atoms with van der Waals surface area (Å²) in [6.07, 6.45) is 4.72. The first-order valence-electron chi connectivity index (χ1n) is 7.33. The fourth-order valence-corrected chi connectivity index (χ4v) is 2.96. The van der Waals surface area contributed by atoms with E-state index in [4.69, 9.17) is 9.47 Å². The molecule has 0 heterocycles. The van der Waals surface area contributed by atoms with Gasteiger partial charge in [0.2, 0.25) is 0 Å². The molecule has 0 aliphatic heterocycles. The Balaban J connectivity index is 2.01. The second-order valence-electron chi connectivity index (χ2n) is 5.39. The number of aliphatic hydroxyl groups excluding tert-OH is 1. The van der Waals surface area contributed by atoms with Crippen LogP contribution in [0, 0.1) is 5.92 Å². The van der Waals surface area contributed by atoms with Crippen molar-refractivity contribution in [1.82, 2.24) is 5.32 Å². The van der Waals surface area contributed by atoms with Crippen LogP contribution in [0.5, 0.6) is 11.5 Å². The average molecular weight is 279 g/mol. The van der Waals surface area contributed by atoms with Crippen LogP contribution in [-0.4, -0.2) is 32.0 Å². The van der Waals surface area contributed by atoms with E-state index in [2.05, 4.69) is 5.32 Å². The van der Waals surface area contributed by atoms with Crippen molar-refractivity contribution in [2.45, 2.75) is 38.3 Å². The third kappa shape index (κ3) is 3.64. The summed E-state index contributed by atoms with van der Waals surface area (Å²) in [6.45, 7) is 1.01. The predicted octanol–water partition coefficient (Wildman–Crippen LogP) is 2.34. The normalized spacial score (nSPS) is 22.6. The Morgan fingerprint density at radius 1 is 1.20 bits per heavy atom. The van der Waals surface area contributed by atoms with Crippen molar-refractivity contribution in [3.8, 4) is 11.5 Å². The molecule has 4 heteroatoms. The van der Waals surface area contributed by atoms with Crippen LogP contribution in [-0.2, 0) is 6.54 Å². The van der Waals surface area contributed by atoms with Gasteiger partial charge in [0, 0.05) is 24.8 Å². The van der Waals surface area contributed by atoms with Gasteiger partial charge in [0.15, 0.2) is 0 Å². The lowest BCUT2D eigenvalue weighted by Gasteiger charge is -2.31. The first-order valence-corrected chi connectivity index (χ1v) is 7.33. The molecule has 2 unspecified atom stereocenters. The van der Waals surface area contributed by atoms with Crippen LogP contribution in [0.3, 0.4) is 0 Å². The Morgan fingerprint density at radius 2 is 2.00 bits per heavy atom. The van der Waals surface area contributed by atoms with Crippen LogP contribution >= 0.6 is 0 Å². The van der Waals surface area contributed by atoms with E-state index < -0.39 is 0 Å². The summed E-state index contributed by atoms with van der Waals surface area (Å²) >= 11 is 0. The number of methoxy groups -OCH3 is 2.